The minimum atomic E-state index is -4.50. The second-order valence-corrected chi connectivity index (χ2v) is 6.61. The maximum atomic E-state index is 12.7. The van der Waals surface area contributed by atoms with Crippen molar-refractivity contribution in [2.24, 2.45) is 11.1 Å². The van der Waals surface area contributed by atoms with Gasteiger partial charge in [0.15, 0.2) is 0 Å². The first-order valence-corrected chi connectivity index (χ1v) is 7.76. The van der Waals surface area contributed by atoms with Crippen molar-refractivity contribution in [1.29, 1.82) is 0 Å². The van der Waals surface area contributed by atoms with Crippen LogP contribution in [0.4, 0.5) is 18.9 Å². The molecular weight excluding hydrogens is 309 g/mol. The molecule has 1 unspecified atom stereocenters. The van der Waals surface area contributed by atoms with Crippen molar-refractivity contribution in [3.63, 3.8) is 0 Å². The molecule has 0 spiro atoms. The molecule has 5 nitrogen and oxygen atoms in total. The van der Waals surface area contributed by atoms with Crippen molar-refractivity contribution in [2.45, 2.75) is 12.6 Å². The fraction of sp³-hybridized carbons (Fsp3) is 0.417. The minimum absolute atomic E-state index is 0.0383. The molecule has 0 saturated carbocycles. The maximum Gasteiger partial charge on any atom is 0.416 e. The average molecular weight is 322 g/mol. The number of carbonyl (C=O) groups excluding carboxylic acids is 1. The third-order valence-corrected chi connectivity index (χ3v) is 4.09. The van der Waals surface area contributed by atoms with E-state index in [4.69, 9.17) is 5.14 Å². The summed E-state index contributed by atoms with van der Waals surface area (Å²) in [4.78, 5) is 13.0. The van der Waals surface area contributed by atoms with Gasteiger partial charge in [-0.3, -0.25) is 4.79 Å². The largest absolute Gasteiger partial charge is 0.416 e. The number of anilines is 1. The molecule has 0 aromatic heterocycles. The number of hydrogen-bond donors (Lipinski definition) is 1. The summed E-state index contributed by atoms with van der Waals surface area (Å²) < 4.78 is 60.0. The van der Waals surface area contributed by atoms with Crippen molar-refractivity contribution < 1.29 is 26.4 Å². The fourth-order valence-corrected chi connectivity index (χ4v) is 3.20. The third-order valence-electron chi connectivity index (χ3n) is 3.16. The monoisotopic (exact) mass is 322 g/mol. The van der Waals surface area contributed by atoms with Gasteiger partial charge in [-0.1, -0.05) is 6.07 Å². The molecule has 1 aromatic carbocycles. The molecule has 1 heterocycles. The first kappa shape index (κ1) is 15.8. The van der Waals surface area contributed by atoms with Crippen LogP contribution in [0.2, 0.25) is 0 Å². The van der Waals surface area contributed by atoms with Crippen LogP contribution < -0.4 is 10.0 Å². The summed E-state index contributed by atoms with van der Waals surface area (Å²) in [6.45, 7) is 0.0383. The summed E-state index contributed by atoms with van der Waals surface area (Å²) in [7, 11) is -3.73. The molecule has 1 aliphatic rings. The van der Waals surface area contributed by atoms with Gasteiger partial charge in [-0.15, -0.1) is 0 Å². The molecule has 1 amide bonds. The molecule has 1 atom stereocenters. The highest BCUT2D eigenvalue weighted by atomic mass is 32.2. The molecule has 1 aromatic rings. The van der Waals surface area contributed by atoms with Crippen LogP contribution in [0.15, 0.2) is 24.3 Å². The van der Waals surface area contributed by atoms with E-state index in [1.54, 1.807) is 0 Å². The molecule has 1 aliphatic heterocycles. The maximum absolute atomic E-state index is 12.7. The van der Waals surface area contributed by atoms with E-state index in [9.17, 15) is 26.4 Å². The molecule has 21 heavy (non-hydrogen) atoms. The number of hydrogen-bond acceptors (Lipinski definition) is 3. The molecule has 9 heteroatoms. The van der Waals surface area contributed by atoms with E-state index in [0.717, 1.165) is 17.0 Å². The van der Waals surface area contributed by atoms with Gasteiger partial charge in [-0.25, -0.2) is 13.6 Å². The molecule has 116 valence electrons. The zero-order valence-electron chi connectivity index (χ0n) is 10.8. The summed E-state index contributed by atoms with van der Waals surface area (Å²) in [5, 5.41) is 4.92. The number of carbonyl (C=O) groups is 1. The molecule has 2 rings (SSSR count). The van der Waals surface area contributed by atoms with Gasteiger partial charge in [0.05, 0.1) is 11.3 Å². The molecule has 1 saturated heterocycles. The SMILES string of the molecule is NS(=O)(=O)CC1CC(=O)N(c2cccc(C(F)(F)F)c2)C1. The summed E-state index contributed by atoms with van der Waals surface area (Å²) in [6.07, 6.45) is -4.55. The van der Waals surface area contributed by atoms with Crippen LogP contribution >= 0.6 is 0 Å². The Morgan fingerprint density at radius 2 is 2.00 bits per heavy atom. The van der Waals surface area contributed by atoms with Crippen molar-refractivity contribution in [2.75, 3.05) is 17.2 Å². The van der Waals surface area contributed by atoms with Gasteiger partial charge < -0.3 is 4.90 Å². The number of primary sulfonamides is 1. The van der Waals surface area contributed by atoms with Crippen LogP contribution in [0, 0.1) is 5.92 Å². The smallest absolute Gasteiger partial charge is 0.312 e. The highest BCUT2D eigenvalue weighted by Gasteiger charge is 2.35. The Hall–Kier alpha value is -1.61. The normalized spacial score (nSPS) is 20.1. The number of nitrogens with zero attached hydrogens (tertiary/aromatic N) is 1. The summed E-state index contributed by atoms with van der Waals surface area (Å²) >= 11 is 0. The Bertz CT molecular complexity index is 658. The number of rotatable bonds is 3. The van der Waals surface area contributed by atoms with Crippen molar-refractivity contribution >= 4 is 21.6 Å². The van der Waals surface area contributed by atoms with E-state index in [-0.39, 0.29) is 24.4 Å². The number of sulfonamides is 1. The highest BCUT2D eigenvalue weighted by Crippen LogP contribution is 2.33. The first-order chi connectivity index (χ1) is 9.56. The van der Waals surface area contributed by atoms with E-state index in [1.165, 1.54) is 12.1 Å². The number of alkyl halides is 3. The van der Waals surface area contributed by atoms with E-state index in [0.29, 0.717) is 0 Å². The van der Waals surface area contributed by atoms with Gasteiger partial charge in [0.2, 0.25) is 15.9 Å². The van der Waals surface area contributed by atoms with Gasteiger partial charge in [-0.2, -0.15) is 13.2 Å². The zero-order valence-corrected chi connectivity index (χ0v) is 11.6. The zero-order chi connectivity index (χ0) is 15.8. The van der Waals surface area contributed by atoms with Gasteiger partial charge >= 0.3 is 6.18 Å². The fourth-order valence-electron chi connectivity index (χ4n) is 2.32. The average Bonchev–Trinajstić information content (AvgIpc) is 2.67. The second-order valence-electron chi connectivity index (χ2n) is 4.95. The number of amides is 1. The summed E-state index contributed by atoms with van der Waals surface area (Å²) in [6, 6.07) is 4.37. The Balaban J connectivity index is 2.21. The van der Waals surface area contributed by atoms with E-state index in [2.05, 4.69) is 0 Å². The van der Waals surface area contributed by atoms with Crippen LogP contribution in [0.1, 0.15) is 12.0 Å². The Labute approximate surface area is 119 Å². The predicted molar refractivity (Wildman–Crippen MR) is 69.9 cm³/mol. The van der Waals surface area contributed by atoms with E-state index in [1.807, 2.05) is 0 Å². The summed E-state index contributed by atoms with van der Waals surface area (Å²) in [5.74, 6) is -1.29. The highest BCUT2D eigenvalue weighted by molar-refractivity contribution is 7.89. The quantitative estimate of drug-likeness (QED) is 0.912. The number of benzene rings is 1. The second kappa shape index (κ2) is 5.30. The topological polar surface area (TPSA) is 80.5 Å². The first-order valence-electron chi connectivity index (χ1n) is 6.04. The van der Waals surface area contributed by atoms with Crippen molar-refractivity contribution in [3.05, 3.63) is 29.8 Å². The van der Waals surface area contributed by atoms with Crippen LogP contribution in [0.5, 0.6) is 0 Å². The molecule has 0 bridgehead atoms. The van der Waals surface area contributed by atoms with Crippen LogP contribution in [-0.4, -0.2) is 26.6 Å². The molecule has 2 N–H and O–H groups in total. The van der Waals surface area contributed by atoms with Crippen LogP contribution in [0.3, 0.4) is 0 Å². The van der Waals surface area contributed by atoms with Crippen molar-refractivity contribution in [1.82, 2.24) is 0 Å². The lowest BCUT2D eigenvalue weighted by molar-refractivity contribution is -0.137. The van der Waals surface area contributed by atoms with Gasteiger partial charge in [0, 0.05) is 24.6 Å². The Kier molecular flexibility index (Phi) is 3.98. The minimum Gasteiger partial charge on any atom is -0.312 e. The standard InChI is InChI=1S/C12H13F3N2O3S/c13-12(14,15)9-2-1-3-10(5-9)17-6-8(4-11(17)18)7-21(16,19)20/h1-3,5,8H,4,6-7H2,(H2,16,19,20). The van der Waals surface area contributed by atoms with Crippen molar-refractivity contribution in [3.8, 4) is 0 Å². The van der Waals surface area contributed by atoms with Gasteiger partial charge in [0.25, 0.3) is 0 Å². The lowest BCUT2D eigenvalue weighted by atomic mass is 10.1. The molecule has 0 aliphatic carbocycles. The number of halogens is 3. The predicted octanol–water partition coefficient (Wildman–Crippen LogP) is 1.35. The van der Waals surface area contributed by atoms with Gasteiger partial charge in [-0.05, 0) is 18.2 Å². The lowest BCUT2D eigenvalue weighted by Gasteiger charge is -2.18. The molecular formula is C12H13F3N2O3S. The Morgan fingerprint density at radius 3 is 2.57 bits per heavy atom. The molecule has 0 radical (unpaired) electrons. The summed E-state index contributed by atoms with van der Waals surface area (Å²) in [5.41, 5.74) is -0.755. The molecule has 1 fully saturated rings. The van der Waals surface area contributed by atoms with Crippen LogP contribution in [-0.2, 0) is 21.0 Å². The lowest BCUT2D eigenvalue weighted by Crippen LogP contribution is -2.27. The number of nitrogens with two attached hydrogens (primary N) is 1. The van der Waals surface area contributed by atoms with E-state index >= 15 is 0 Å². The Morgan fingerprint density at radius 1 is 1.33 bits per heavy atom. The van der Waals surface area contributed by atoms with Crippen LogP contribution in [0.25, 0.3) is 0 Å². The van der Waals surface area contributed by atoms with Gasteiger partial charge in [0.1, 0.15) is 0 Å². The third kappa shape index (κ3) is 3.94. The van der Waals surface area contributed by atoms with E-state index < -0.39 is 33.6 Å².